The number of methoxy groups -OCH3 is 6. The van der Waals surface area contributed by atoms with Crippen molar-refractivity contribution in [3.05, 3.63) is 58.7 Å². The summed E-state index contributed by atoms with van der Waals surface area (Å²) in [4.78, 5) is 0. The predicted molar refractivity (Wildman–Crippen MR) is 140 cm³/mol. The molecule has 0 saturated heterocycles. The lowest BCUT2D eigenvalue weighted by atomic mass is 9.94. The van der Waals surface area contributed by atoms with E-state index in [9.17, 15) is 0 Å². The van der Waals surface area contributed by atoms with Crippen LogP contribution >= 0.6 is 0 Å². The van der Waals surface area contributed by atoms with Gasteiger partial charge in [0, 0.05) is 0 Å². The molecule has 8 heteroatoms. The fourth-order valence-electron chi connectivity index (χ4n) is 4.61. The number of ether oxygens (including phenoxy) is 8. The number of fused-ring (bicyclic) bond motifs is 1. The lowest BCUT2D eigenvalue weighted by molar-refractivity contribution is 0.174. The Bertz CT molecular complexity index is 1090. The van der Waals surface area contributed by atoms with Crippen molar-refractivity contribution in [3.63, 3.8) is 0 Å². The molecule has 0 aliphatic carbocycles. The minimum Gasteiger partial charge on any atom is -0.493 e. The highest BCUT2D eigenvalue weighted by molar-refractivity contribution is 5.55. The topological polar surface area (TPSA) is 73.8 Å². The third kappa shape index (κ3) is 5.58. The van der Waals surface area contributed by atoms with E-state index in [0.717, 1.165) is 48.3 Å². The summed E-state index contributed by atoms with van der Waals surface area (Å²) in [5.41, 5.74) is 4.57. The molecule has 0 unspecified atom stereocenters. The van der Waals surface area contributed by atoms with E-state index in [1.165, 1.54) is 11.1 Å². The molecule has 8 nitrogen and oxygen atoms in total. The van der Waals surface area contributed by atoms with Gasteiger partial charge in [-0.15, -0.1) is 0 Å². The molecule has 0 amide bonds. The molecule has 0 fully saturated rings. The molecule has 0 radical (unpaired) electrons. The number of rotatable bonds is 12. The quantitative estimate of drug-likeness (QED) is 0.336. The molecule has 3 aromatic carbocycles. The smallest absolute Gasteiger partial charge is 0.231 e. The highest BCUT2D eigenvalue weighted by Gasteiger charge is 2.19. The minimum absolute atomic E-state index is 0.234. The molecule has 198 valence electrons. The average Bonchev–Trinajstić information content (AvgIpc) is 3.40. The third-order valence-corrected chi connectivity index (χ3v) is 6.51. The Labute approximate surface area is 217 Å². The lowest BCUT2D eigenvalue weighted by Crippen LogP contribution is -2.02. The Morgan fingerprint density at radius 3 is 1.14 bits per heavy atom. The zero-order chi connectivity index (χ0) is 26.4. The lowest BCUT2D eigenvalue weighted by Gasteiger charge is -2.16. The van der Waals surface area contributed by atoms with E-state index in [1.807, 2.05) is 24.3 Å². The minimum atomic E-state index is 0.234. The van der Waals surface area contributed by atoms with Crippen LogP contribution in [0.2, 0.25) is 0 Å². The maximum atomic E-state index is 5.67. The molecule has 0 aromatic heterocycles. The van der Waals surface area contributed by atoms with Crippen LogP contribution in [0.4, 0.5) is 0 Å². The summed E-state index contributed by atoms with van der Waals surface area (Å²) < 4.78 is 44.4. The van der Waals surface area contributed by atoms with Gasteiger partial charge >= 0.3 is 0 Å². The van der Waals surface area contributed by atoms with E-state index in [2.05, 4.69) is 12.1 Å². The molecule has 0 spiro atoms. The standard InChI is InChI=1S/C29H34O8/c1-30-24-11-18(12-25(31-2)28(24)34-5)7-9-20-15-22-23(37-17-36-22)16-21(20)10-8-19-13-26(32-3)29(35-6)27(14-19)33-4/h11-16H,7-10,17H2,1-6H3. The van der Waals surface area contributed by atoms with Gasteiger partial charge in [0.05, 0.1) is 42.7 Å². The van der Waals surface area contributed by atoms with Crippen LogP contribution in [0.5, 0.6) is 46.0 Å². The molecular weight excluding hydrogens is 476 g/mol. The number of hydrogen-bond donors (Lipinski definition) is 0. The molecule has 1 heterocycles. The van der Waals surface area contributed by atoms with Gasteiger partial charge in [-0.3, -0.25) is 0 Å². The van der Waals surface area contributed by atoms with Gasteiger partial charge in [0.1, 0.15) is 0 Å². The van der Waals surface area contributed by atoms with Crippen LogP contribution in [0, 0.1) is 0 Å². The molecule has 1 aliphatic rings. The van der Waals surface area contributed by atoms with Gasteiger partial charge in [-0.25, -0.2) is 0 Å². The molecule has 37 heavy (non-hydrogen) atoms. The first-order valence-corrected chi connectivity index (χ1v) is 12.0. The van der Waals surface area contributed by atoms with Crippen molar-refractivity contribution in [2.75, 3.05) is 49.5 Å². The highest BCUT2D eigenvalue weighted by atomic mass is 16.7. The van der Waals surface area contributed by atoms with Crippen LogP contribution in [-0.4, -0.2) is 49.5 Å². The zero-order valence-electron chi connectivity index (χ0n) is 22.3. The van der Waals surface area contributed by atoms with Gasteiger partial charge in [0.2, 0.25) is 18.3 Å². The van der Waals surface area contributed by atoms with Crippen molar-refractivity contribution < 1.29 is 37.9 Å². The van der Waals surface area contributed by atoms with Crippen molar-refractivity contribution >= 4 is 0 Å². The highest BCUT2D eigenvalue weighted by Crippen LogP contribution is 2.41. The van der Waals surface area contributed by atoms with Gasteiger partial charge < -0.3 is 37.9 Å². The Hall–Kier alpha value is -3.94. The van der Waals surface area contributed by atoms with Crippen molar-refractivity contribution in [3.8, 4) is 46.0 Å². The number of benzene rings is 3. The maximum Gasteiger partial charge on any atom is 0.231 e. The monoisotopic (exact) mass is 510 g/mol. The third-order valence-electron chi connectivity index (χ3n) is 6.51. The Morgan fingerprint density at radius 1 is 0.486 bits per heavy atom. The fraction of sp³-hybridized carbons (Fsp3) is 0.379. The van der Waals surface area contributed by atoms with Crippen LogP contribution in [-0.2, 0) is 25.7 Å². The van der Waals surface area contributed by atoms with E-state index in [0.29, 0.717) is 34.5 Å². The van der Waals surface area contributed by atoms with E-state index < -0.39 is 0 Å². The second kappa shape index (κ2) is 11.9. The summed E-state index contributed by atoms with van der Waals surface area (Å²) in [5.74, 6) is 5.30. The number of hydrogen-bond acceptors (Lipinski definition) is 8. The first kappa shape index (κ1) is 26.1. The SMILES string of the molecule is COc1cc(CCc2cc3c(cc2CCc2cc(OC)c(OC)c(OC)c2)OCO3)cc(OC)c1OC. The maximum absolute atomic E-state index is 5.67. The van der Waals surface area contributed by atoms with Gasteiger partial charge in [0.15, 0.2) is 34.5 Å². The van der Waals surface area contributed by atoms with Crippen LogP contribution in [0.25, 0.3) is 0 Å². The predicted octanol–water partition coefficient (Wildman–Crippen LogP) is 5.04. The van der Waals surface area contributed by atoms with E-state index >= 15 is 0 Å². The van der Waals surface area contributed by atoms with E-state index in [4.69, 9.17) is 37.9 Å². The summed E-state index contributed by atoms with van der Waals surface area (Å²) >= 11 is 0. The molecule has 3 aromatic rings. The second-order valence-electron chi connectivity index (χ2n) is 8.54. The summed E-state index contributed by atoms with van der Waals surface area (Å²) in [6, 6.07) is 12.1. The molecule has 0 bridgehead atoms. The van der Waals surface area contributed by atoms with E-state index in [1.54, 1.807) is 42.7 Å². The van der Waals surface area contributed by atoms with Crippen LogP contribution < -0.4 is 37.9 Å². The first-order chi connectivity index (χ1) is 18.0. The summed E-state index contributed by atoms with van der Waals surface area (Å²) in [6.07, 6.45) is 3.18. The van der Waals surface area contributed by atoms with Crippen LogP contribution in [0.3, 0.4) is 0 Å². The molecule has 0 saturated carbocycles. The molecule has 1 aliphatic heterocycles. The molecular formula is C29H34O8. The normalized spacial score (nSPS) is 11.7. The Morgan fingerprint density at radius 2 is 0.838 bits per heavy atom. The van der Waals surface area contributed by atoms with Gasteiger partial charge in [-0.05, 0) is 84.3 Å². The molecule has 0 N–H and O–H groups in total. The van der Waals surface area contributed by atoms with Crippen LogP contribution in [0.15, 0.2) is 36.4 Å². The van der Waals surface area contributed by atoms with Crippen molar-refractivity contribution in [1.29, 1.82) is 0 Å². The summed E-state index contributed by atoms with van der Waals surface area (Å²) in [6.45, 7) is 0.234. The molecule has 4 rings (SSSR count). The van der Waals surface area contributed by atoms with Gasteiger partial charge in [-0.1, -0.05) is 0 Å². The summed E-state index contributed by atoms with van der Waals surface area (Å²) in [5, 5.41) is 0. The largest absolute Gasteiger partial charge is 0.493 e. The van der Waals surface area contributed by atoms with Gasteiger partial charge in [0.25, 0.3) is 0 Å². The van der Waals surface area contributed by atoms with Crippen LogP contribution in [0.1, 0.15) is 22.3 Å². The fourth-order valence-corrected chi connectivity index (χ4v) is 4.61. The Kier molecular flexibility index (Phi) is 8.38. The van der Waals surface area contributed by atoms with Gasteiger partial charge in [-0.2, -0.15) is 0 Å². The van der Waals surface area contributed by atoms with Crippen molar-refractivity contribution in [2.45, 2.75) is 25.7 Å². The Balaban J connectivity index is 1.59. The van der Waals surface area contributed by atoms with E-state index in [-0.39, 0.29) is 6.79 Å². The number of aryl methyl sites for hydroxylation is 4. The first-order valence-electron chi connectivity index (χ1n) is 12.0. The van der Waals surface area contributed by atoms with Crippen molar-refractivity contribution in [2.24, 2.45) is 0 Å². The summed E-state index contributed by atoms with van der Waals surface area (Å²) in [7, 11) is 9.71. The second-order valence-corrected chi connectivity index (χ2v) is 8.54. The van der Waals surface area contributed by atoms with Crippen molar-refractivity contribution in [1.82, 2.24) is 0 Å². The molecule has 0 atom stereocenters. The average molecular weight is 511 g/mol. The zero-order valence-corrected chi connectivity index (χ0v) is 22.3.